The van der Waals surface area contributed by atoms with E-state index in [9.17, 15) is 4.79 Å². The Morgan fingerprint density at radius 2 is 1.83 bits per heavy atom. The van der Waals surface area contributed by atoms with Crippen molar-refractivity contribution in [2.75, 3.05) is 0 Å². The van der Waals surface area contributed by atoms with Crippen molar-refractivity contribution < 1.29 is 9.53 Å². The Bertz CT molecular complexity index is 385. The molecule has 0 aromatic carbocycles. The number of carbonyl (C=O) groups excluding carboxylic acids is 1. The van der Waals surface area contributed by atoms with E-state index in [0.717, 1.165) is 5.56 Å². The topological polar surface area (TPSA) is 51.2 Å². The quantitative estimate of drug-likeness (QED) is 0.834. The standard InChI is InChI=1S/C14H22N2O2/c1-10(12-6-8-15-9-7-12)16-11(2)13(17)18-14(3,4)5/h6-11,16H,1-5H3/t10-,11?/m1/s1. The fraction of sp³-hybridized carbons (Fsp3) is 0.571. The second-order valence-electron chi connectivity index (χ2n) is 5.42. The van der Waals surface area contributed by atoms with Crippen LogP contribution in [0.25, 0.3) is 0 Å². The van der Waals surface area contributed by atoms with Gasteiger partial charge in [0.05, 0.1) is 0 Å². The number of pyridine rings is 1. The van der Waals surface area contributed by atoms with E-state index in [2.05, 4.69) is 10.3 Å². The number of rotatable bonds is 4. The van der Waals surface area contributed by atoms with Gasteiger partial charge in [-0.25, -0.2) is 0 Å². The molecule has 0 bridgehead atoms. The summed E-state index contributed by atoms with van der Waals surface area (Å²) >= 11 is 0. The maximum atomic E-state index is 11.8. The highest BCUT2D eigenvalue weighted by atomic mass is 16.6. The van der Waals surface area contributed by atoms with Gasteiger partial charge in [0.25, 0.3) is 0 Å². The molecule has 0 amide bonds. The Hall–Kier alpha value is -1.42. The summed E-state index contributed by atoms with van der Waals surface area (Å²) in [7, 11) is 0. The van der Waals surface area contributed by atoms with E-state index in [1.54, 1.807) is 12.4 Å². The Balaban J connectivity index is 2.55. The molecule has 0 saturated carbocycles. The molecule has 0 fully saturated rings. The largest absolute Gasteiger partial charge is 0.459 e. The van der Waals surface area contributed by atoms with Gasteiger partial charge in [0, 0.05) is 18.4 Å². The number of esters is 1. The van der Waals surface area contributed by atoms with E-state index < -0.39 is 5.60 Å². The highest BCUT2D eigenvalue weighted by Gasteiger charge is 2.22. The Kier molecular flexibility index (Phi) is 4.84. The Morgan fingerprint density at radius 3 is 2.33 bits per heavy atom. The van der Waals surface area contributed by atoms with Crippen LogP contribution in [0.5, 0.6) is 0 Å². The molecule has 4 heteroatoms. The van der Waals surface area contributed by atoms with E-state index in [0.29, 0.717) is 0 Å². The maximum absolute atomic E-state index is 11.8. The third-order valence-corrected chi connectivity index (χ3v) is 2.47. The van der Waals surface area contributed by atoms with Crippen LogP contribution in [-0.4, -0.2) is 22.6 Å². The van der Waals surface area contributed by atoms with Gasteiger partial charge in [-0.15, -0.1) is 0 Å². The fourth-order valence-electron chi connectivity index (χ4n) is 1.58. The van der Waals surface area contributed by atoms with Crippen molar-refractivity contribution in [2.45, 2.75) is 52.3 Å². The monoisotopic (exact) mass is 250 g/mol. The van der Waals surface area contributed by atoms with Crippen molar-refractivity contribution >= 4 is 5.97 Å². The normalized spacial score (nSPS) is 14.9. The number of nitrogens with one attached hydrogen (secondary N) is 1. The number of aromatic nitrogens is 1. The van der Waals surface area contributed by atoms with E-state index in [1.165, 1.54) is 0 Å². The van der Waals surface area contributed by atoms with Crippen molar-refractivity contribution in [3.05, 3.63) is 30.1 Å². The molecule has 18 heavy (non-hydrogen) atoms. The van der Waals surface area contributed by atoms with Gasteiger partial charge in [-0.3, -0.25) is 15.1 Å². The molecule has 1 heterocycles. The Morgan fingerprint density at radius 1 is 1.28 bits per heavy atom. The Labute approximate surface area is 109 Å². The van der Waals surface area contributed by atoms with Gasteiger partial charge in [0.2, 0.25) is 0 Å². The van der Waals surface area contributed by atoms with Crippen LogP contribution in [0.15, 0.2) is 24.5 Å². The lowest BCUT2D eigenvalue weighted by molar-refractivity contribution is -0.157. The predicted octanol–water partition coefficient (Wildman–Crippen LogP) is 2.46. The van der Waals surface area contributed by atoms with Gasteiger partial charge < -0.3 is 4.74 Å². The van der Waals surface area contributed by atoms with Crippen LogP contribution in [0, 0.1) is 0 Å². The van der Waals surface area contributed by atoms with Crippen molar-refractivity contribution in [3.8, 4) is 0 Å². The van der Waals surface area contributed by atoms with Crippen molar-refractivity contribution in [1.29, 1.82) is 0 Å². The summed E-state index contributed by atoms with van der Waals surface area (Å²) in [5, 5.41) is 3.22. The van der Waals surface area contributed by atoms with E-state index in [1.807, 2.05) is 46.8 Å². The average Bonchev–Trinajstić information content (AvgIpc) is 2.27. The fourth-order valence-corrected chi connectivity index (χ4v) is 1.58. The predicted molar refractivity (Wildman–Crippen MR) is 71.1 cm³/mol. The first-order chi connectivity index (χ1) is 8.29. The number of carbonyl (C=O) groups is 1. The van der Waals surface area contributed by atoms with Gasteiger partial charge in [-0.2, -0.15) is 0 Å². The zero-order chi connectivity index (χ0) is 13.8. The van der Waals surface area contributed by atoms with Gasteiger partial charge in [-0.1, -0.05) is 0 Å². The molecule has 0 spiro atoms. The van der Waals surface area contributed by atoms with Crippen LogP contribution in [0.3, 0.4) is 0 Å². The SMILES string of the molecule is CC(N[C@H](C)c1ccncc1)C(=O)OC(C)(C)C. The minimum absolute atomic E-state index is 0.0792. The molecule has 1 unspecified atom stereocenters. The minimum atomic E-state index is -0.451. The van der Waals surface area contributed by atoms with Gasteiger partial charge in [-0.05, 0) is 52.3 Å². The van der Waals surface area contributed by atoms with E-state index in [4.69, 9.17) is 4.74 Å². The maximum Gasteiger partial charge on any atom is 0.323 e. The molecular formula is C14H22N2O2. The van der Waals surface area contributed by atoms with Crippen LogP contribution in [0.1, 0.15) is 46.2 Å². The molecule has 1 rings (SSSR count). The first kappa shape index (κ1) is 14.6. The van der Waals surface area contributed by atoms with Crippen LogP contribution in [0.2, 0.25) is 0 Å². The zero-order valence-electron chi connectivity index (χ0n) is 11.7. The number of hydrogen-bond donors (Lipinski definition) is 1. The van der Waals surface area contributed by atoms with Crippen molar-refractivity contribution in [2.24, 2.45) is 0 Å². The summed E-state index contributed by atoms with van der Waals surface area (Å²) in [5.74, 6) is -0.233. The number of hydrogen-bond acceptors (Lipinski definition) is 4. The molecule has 4 nitrogen and oxygen atoms in total. The van der Waals surface area contributed by atoms with Gasteiger partial charge in [0.1, 0.15) is 11.6 Å². The molecule has 0 aliphatic rings. The van der Waals surface area contributed by atoms with Gasteiger partial charge >= 0.3 is 5.97 Å². The second-order valence-corrected chi connectivity index (χ2v) is 5.42. The summed E-state index contributed by atoms with van der Waals surface area (Å²) in [6.45, 7) is 9.42. The molecule has 0 radical (unpaired) electrons. The van der Waals surface area contributed by atoms with E-state index in [-0.39, 0.29) is 18.1 Å². The molecule has 100 valence electrons. The molecular weight excluding hydrogens is 228 g/mol. The van der Waals surface area contributed by atoms with Crippen molar-refractivity contribution in [3.63, 3.8) is 0 Å². The molecule has 1 aromatic rings. The number of nitrogens with zero attached hydrogens (tertiary/aromatic N) is 1. The molecule has 1 aromatic heterocycles. The third kappa shape index (κ3) is 4.84. The summed E-state index contributed by atoms with van der Waals surface area (Å²) in [6.07, 6.45) is 3.48. The minimum Gasteiger partial charge on any atom is -0.459 e. The summed E-state index contributed by atoms with van der Waals surface area (Å²) in [6, 6.07) is 3.60. The lowest BCUT2D eigenvalue weighted by atomic mass is 10.1. The second kappa shape index (κ2) is 5.96. The lowest BCUT2D eigenvalue weighted by Crippen LogP contribution is -2.40. The van der Waals surface area contributed by atoms with Crippen LogP contribution in [0.4, 0.5) is 0 Å². The van der Waals surface area contributed by atoms with Crippen LogP contribution in [-0.2, 0) is 9.53 Å². The van der Waals surface area contributed by atoms with Crippen molar-refractivity contribution in [1.82, 2.24) is 10.3 Å². The zero-order valence-corrected chi connectivity index (χ0v) is 11.7. The first-order valence-electron chi connectivity index (χ1n) is 6.18. The highest BCUT2D eigenvalue weighted by Crippen LogP contribution is 2.13. The molecule has 0 aliphatic carbocycles. The number of ether oxygens (including phenoxy) is 1. The molecule has 0 saturated heterocycles. The molecule has 1 N–H and O–H groups in total. The molecule has 0 aliphatic heterocycles. The van der Waals surface area contributed by atoms with Crippen LogP contribution >= 0.6 is 0 Å². The first-order valence-corrected chi connectivity index (χ1v) is 6.18. The summed E-state index contributed by atoms with van der Waals surface area (Å²) in [4.78, 5) is 15.8. The van der Waals surface area contributed by atoms with E-state index >= 15 is 0 Å². The lowest BCUT2D eigenvalue weighted by Gasteiger charge is -2.24. The van der Waals surface area contributed by atoms with Crippen LogP contribution < -0.4 is 5.32 Å². The third-order valence-electron chi connectivity index (χ3n) is 2.47. The van der Waals surface area contributed by atoms with Gasteiger partial charge in [0.15, 0.2) is 0 Å². The highest BCUT2D eigenvalue weighted by molar-refractivity contribution is 5.75. The summed E-state index contributed by atoms with van der Waals surface area (Å²) < 4.78 is 5.32. The average molecular weight is 250 g/mol. The summed E-state index contributed by atoms with van der Waals surface area (Å²) in [5.41, 5.74) is 0.646. The smallest absolute Gasteiger partial charge is 0.323 e. The molecule has 2 atom stereocenters.